The van der Waals surface area contributed by atoms with Crippen LogP contribution >= 0.6 is 0 Å². The molecule has 5 nitrogen and oxygen atoms in total. The molecule has 0 fully saturated rings. The number of hydrogen-bond acceptors (Lipinski definition) is 5. The molecule has 21 heavy (non-hydrogen) atoms. The molecule has 0 atom stereocenters. The second-order valence-corrected chi connectivity index (χ2v) is 4.23. The highest BCUT2D eigenvalue weighted by molar-refractivity contribution is 5.97. The molecule has 2 aromatic rings. The summed E-state index contributed by atoms with van der Waals surface area (Å²) in [6.07, 6.45) is 0. The molecule has 0 saturated heterocycles. The Morgan fingerprint density at radius 2 is 2.00 bits per heavy atom. The van der Waals surface area contributed by atoms with E-state index >= 15 is 0 Å². The number of halogens is 1. The van der Waals surface area contributed by atoms with Crippen molar-refractivity contribution in [2.24, 2.45) is 0 Å². The van der Waals surface area contributed by atoms with Gasteiger partial charge in [-0.15, -0.1) is 0 Å². The second kappa shape index (κ2) is 5.92. The average Bonchev–Trinajstić information content (AvgIpc) is 2.49. The Kier molecular flexibility index (Phi) is 4.05. The van der Waals surface area contributed by atoms with Crippen molar-refractivity contribution in [1.29, 1.82) is 5.26 Å². The quantitative estimate of drug-likeness (QED) is 0.668. The van der Waals surface area contributed by atoms with Gasteiger partial charge in [-0.2, -0.15) is 5.26 Å². The van der Waals surface area contributed by atoms with Gasteiger partial charge in [0.15, 0.2) is 0 Å². The molecule has 106 valence electrons. The maximum atomic E-state index is 13.9. The van der Waals surface area contributed by atoms with E-state index in [0.717, 1.165) is 6.07 Å². The maximum Gasteiger partial charge on any atom is 0.340 e. The van der Waals surface area contributed by atoms with Gasteiger partial charge < -0.3 is 15.8 Å². The predicted octanol–water partition coefficient (Wildman–Crippen LogP) is 2.81. The van der Waals surface area contributed by atoms with E-state index in [9.17, 15) is 9.18 Å². The van der Waals surface area contributed by atoms with Gasteiger partial charge in [-0.25, -0.2) is 9.18 Å². The van der Waals surface area contributed by atoms with E-state index in [-0.39, 0.29) is 16.8 Å². The van der Waals surface area contributed by atoms with Gasteiger partial charge in [0.2, 0.25) is 0 Å². The standard InChI is InChI=1S/C15H12FN3O2/c1-21-15(20)11-7-10(18)3-5-13(11)19-14-4-2-9(8-17)6-12(14)16/h2-7,19H,18H2,1H3. The van der Waals surface area contributed by atoms with Crippen LogP contribution in [0.1, 0.15) is 15.9 Å². The number of nitrogen functional groups attached to an aromatic ring is 1. The van der Waals surface area contributed by atoms with Gasteiger partial charge in [0.05, 0.1) is 35.7 Å². The van der Waals surface area contributed by atoms with E-state index in [1.54, 1.807) is 12.1 Å². The normalized spacial score (nSPS) is 9.76. The maximum absolute atomic E-state index is 13.9. The summed E-state index contributed by atoms with van der Waals surface area (Å²) in [6, 6.07) is 10.4. The summed E-state index contributed by atoms with van der Waals surface area (Å²) in [5, 5.41) is 11.5. The van der Waals surface area contributed by atoms with Crippen molar-refractivity contribution in [1.82, 2.24) is 0 Å². The number of carbonyl (C=O) groups excluding carboxylic acids is 1. The molecule has 2 rings (SSSR count). The molecule has 6 heteroatoms. The molecule has 0 bridgehead atoms. The number of nitrogens with zero attached hydrogens (tertiary/aromatic N) is 1. The molecule has 3 N–H and O–H groups in total. The van der Waals surface area contributed by atoms with E-state index in [2.05, 4.69) is 10.1 Å². The molecule has 0 saturated carbocycles. The summed E-state index contributed by atoms with van der Waals surface area (Å²) < 4.78 is 18.5. The highest BCUT2D eigenvalue weighted by Crippen LogP contribution is 2.26. The molecule has 0 unspecified atom stereocenters. The summed E-state index contributed by atoms with van der Waals surface area (Å²) >= 11 is 0. The summed E-state index contributed by atoms with van der Waals surface area (Å²) in [5.41, 5.74) is 6.94. The van der Waals surface area contributed by atoms with Crippen molar-refractivity contribution in [2.75, 3.05) is 18.2 Å². The number of rotatable bonds is 3. The number of nitrogens with one attached hydrogen (secondary N) is 1. The smallest absolute Gasteiger partial charge is 0.340 e. The fourth-order valence-corrected chi connectivity index (χ4v) is 1.78. The zero-order valence-corrected chi connectivity index (χ0v) is 11.2. The lowest BCUT2D eigenvalue weighted by Crippen LogP contribution is -2.07. The number of esters is 1. The van der Waals surface area contributed by atoms with Crippen molar-refractivity contribution in [3.8, 4) is 6.07 Å². The number of hydrogen-bond donors (Lipinski definition) is 2. The first kappa shape index (κ1) is 14.3. The van der Waals surface area contributed by atoms with Gasteiger partial charge in [0, 0.05) is 5.69 Å². The number of ether oxygens (including phenoxy) is 1. The highest BCUT2D eigenvalue weighted by Gasteiger charge is 2.14. The number of benzene rings is 2. The van der Waals surface area contributed by atoms with Crippen LogP contribution in [0.3, 0.4) is 0 Å². The van der Waals surface area contributed by atoms with Gasteiger partial charge >= 0.3 is 5.97 Å². The molecule has 0 spiro atoms. The largest absolute Gasteiger partial charge is 0.465 e. The minimum Gasteiger partial charge on any atom is -0.465 e. The molecule has 0 heterocycles. The number of nitrogens with two attached hydrogens (primary N) is 1. The fraction of sp³-hybridized carbons (Fsp3) is 0.0667. The van der Waals surface area contributed by atoms with Crippen LogP contribution in [0.5, 0.6) is 0 Å². The van der Waals surface area contributed by atoms with Gasteiger partial charge in [-0.3, -0.25) is 0 Å². The Hall–Kier alpha value is -3.07. The van der Waals surface area contributed by atoms with Crippen LogP contribution in [-0.4, -0.2) is 13.1 Å². The fourth-order valence-electron chi connectivity index (χ4n) is 1.78. The van der Waals surface area contributed by atoms with Crippen LogP contribution in [0.4, 0.5) is 21.5 Å². The Morgan fingerprint density at radius 1 is 1.29 bits per heavy atom. The van der Waals surface area contributed by atoms with E-state index in [1.807, 2.05) is 6.07 Å². The van der Waals surface area contributed by atoms with Crippen molar-refractivity contribution in [3.63, 3.8) is 0 Å². The summed E-state index contributed by atoms with van der Waals surface area (Å²) in [7, 11) is 1.25. The second-order valence-electron chi connectivity index (χ2n) is 4.23. The summed E-state index contributed by atoms with van der Waals surface area (Å²) in [6.45, 7) is 0. The number of anilines is 3. The van der Waals surface area contributed by atoms with E-state index in [1.165, 1.54) is 25.3 Å². The van der Waals surface area contributed by atoms with Crippen LogP contribution in [-0.2, 0) is 4.74 Å². The summed E-state index contributed by atoms with van der Waals surface area (Å²) in [5.74, 6) is -1.18. The molecule has 0 aliphatic carbocycles. The third-order valence-electron chi connectivity index (χ3n) is 2.82. The zero-order chi connectivity index (χ0) is 15.4. The molecular weight excluding hydrogens is 273 g/mol. The minimum absolute atomic E-state index is 0.143. The van der Waals surface area contributed by atoms with Gasteiger partial charge in [0.25, 0.3) is 0 Å². The van der Waals surface area contributed by atoms with E-state index in [4.69, 9.17) is 11.0 Å². The van der Waals surface area contributed by atoms with Crippen LogP contribution in [0.25, 0.3) is 0 Å². The van der Waals surface area contributed by atoms with Crippen molar-refractivity contribution < 1.29 is 13.9 Å². The van der Waals surface area contributed by atoms with Gasteiger partial charge in [-0.1, -0.05) is 0 Å². The van der Waals surface area contributed by atoms with Crippen LogP contribution in [0.15, 0.2) is 36.4 Å². The van der Waals surface area contributed by atoms with Gasteiger partial charge in [-0.05, 0) is 36.4 Å². The Balaban J connectivity index is 2.40. The number of carbonyl (C=O) groups is 1. The lowest BCUT2D eigenvalue weighted by Gasteiger charge is -2.12. The van der Waals surface area contributed by atoms with Crippen LogP contribution in [0.2, 0.25) is 0 Å². The topological polar surface area (TPSA) is 88.1 Å². The Labute approximate surface area is 120 Å². The predicted molar refractivity (Wildman–Crippen MR) is 76.6 cm³/mol. The molecule has 0 radical (unpaired) electrons. The SMILES string of the molecule is COC(=O)c1cc(N)ccc1Nc1ccc(C#N)cc1F. The zero-order valence-electron chi connectivity index (χ0n) is 11.2. The van der Waals surface area contributed by atoms with Crippen LogP contribution < -0.4 is 11.1 Å². The lowest BCUT2D eigenvalue weighted by atomic mass is 10.1. The monoisotopic (exact) mass is 285 g/mol. The third kappa shape index (κ3) is 3.09. The van der Waals surface area contributed by atoms with Crippen molar-refractivity contribution >= 4 is 23.0 Å². The molecule has 0 aliphatic heterocycles. The molecular formula is C15H12FN3O2. The minimum atomic E-state index is -0.596. The Morgan fingerprint density at radius 3 is 2.62 bits per heavy atom. The van der Waals surface area contributed by atoms with Crippen molar-refractivity contribution in [2.45, 2.75) is 0 Å². The Bertz CT molecular complexity index is 738. The molecule has 0 aromatic heterocycles. The van der Waals surface area contributed by atoms with E-state index < -0.39 is 11.8 Å². The van der Waals surface area contributed by atoms with Gasteiger partial charge in [0.1, 0.15) is 5.82 Å². The lowest BCUT2D eigenvalue weighted by molar-refractivity contribution is 0.0602. The van der Waals surface area contributed by atoms with E-state index in [0.29, 0.717) is 11.4 Å². The number of nitriles is 1. The molecule has 0 aliphatic rings. The first-order valence-electron chi connectivity index (χ1n) is 5.99. The molecule has 0 amide bonds. The average molecular weight is 285 g/mol. The third-order valence-corrected chi connectivity index (χ3v) is 2.82. The highest BCUT2D eigenvalue weighted by atomic mass is 19.1. The van der Waals surface area contributed by atoms with Crippen LogP contribution in [0, 0.1) is 17.1 Å². The molecule has 2 aromatic carbocycles. The first-order chi connectivity index (χ1) is 10.0. The first-order valence-corrected chi connectivity index (χ1v) is 5.99. The number of methoxy groups -OCH3 is 1. The van der Waals surface area contributed by atoms with Crippen molar-refractivity contribution in [3.05, 3.63) is 53.3 Å². The summed E-state index contributed by atoms with van der Waals surface area (Å²) in [4.78, 5) is 11.7.